The molecule has 3 nitrogen and oxygen atoms in total. The van der Waals surface area contributed by atoms with Crippen molar-refractivity contribution in [2.24, 2.45) is 11.2 Å². The molecule has 2 aliphatic rings. The van der Waals surface area contributed by atoms with Crippen molar-refractivity contribution in [3.63, 3.8) is 0 Å². The Morgan fingerprint density at radius 2 is 1.92 bits per heavy atom. The minimum absolute atomic E-state index is 0.372. The predicted octanol–water partition coefficient (Wildman–Crippen LogP) is 2.71. The van der Waals surface area contributed by atoms with Gasteiger partial charge in [-0.25, -0.2) is 0 Å². The van der Waals surface area contributed by atoms with Crippen molar-refractivity contribution in [2.45, 2.75) is 57.5 Å². The van der Waals surface area contributed by atoms with Gasteiger partial charge in [0.05, 0.1) is 11.3 Å². The Kier molecular flexibility index (Phi) is 2.51. The molecule has 0 unspecified atom stereocenters. The highest BCUT2D eigenvalue weighted by molar-refractivity contribution is 4.88. The van der Waals surface area contributed by atoms with Crippen LogP contribution in [-0.4, -0.2) is 17.1 Å². The molecule has 0 bridgehead atoms. The Morgan fingerprint density at radius 3 is 2.69 bits per heavy atom. The average Bonchev–Trinajstić information content (AvgIpc) is 2.18. The van der Waals surface area contributed by atoms with Crippen LogP contribution in [0.1, 0.15) is 45.4 Å². The predicted molar refractivity (Wildman–Crippen MR) is 52.1 cm³/mol. The Morgan fingerprint density at radius 1 is 1.15 bits per heavy atom. The third-order valence-corrected chi connectivity index (χ3v) is 3.71. The van der Waals surface area contributed by atoms with E-state index in [0.29, 0.717) is 12.1 Å². The summed E-state index contributed by atoms with van der Waals surface area (Å²) in [7, 11) is 0. The second kappa shape index (κ2) is 3.64. The second-order valence-electron chi connectivity index (χ2n) is 4.50. The third-order valence-electron chi connectivity index (χ3n) is 3.71. The van der Waals surface area contributed by atoms with E-state index in [-0.39, 0.29) is 0 Å². The summed E-state index contributed by atoms with van der Waals surface area (Å²) >= 11 is 0. The lowest BCUT2D eigenvalue weighted by Gasteiger charge is -2.44. The molecule has 0 amide bonds. The Hall–Kier alpha value is -0.600. The zero-order valence-corrected chi connectivity index (χ0v) is 8.28. The third kappa shape index (κ3) is 1.56. The molecule has 3 heteroatoms. The minimum atomic E-state index is 0.372. The number of hydrogen-bond acceptors (Lipinski definition) is 2. The number of fused-ring (bicyclic) bond motifs is 1. The molecule has 2 fully saturated rings. The SMILES string of the molecule is C[C@@H]1CC[C@H]2CCCC[C@@H]2N1N=O. The molecule has 0 aromatic heterocycles. The molecule has 0 aromatic rings. The zero-order chi connectivity index (χ0) is 9.26. The van der Waals surface area contributed by atoms with E-state index in [4.69, 9.17) is 0 Å². The van der Waals surface area contributed by atoms with Gasteiger partial charge in [-0.15, -0.1) is 4.91 Å². The zero-order valence-electron chi connectivity index (χ0n) is 8.28. The van der Waals surface area contributed by atoms with E-state index >= 15 is 0 Å². The van der Waals surface area contributed by atoms with Gasteiger partial charge in [-0.2, -0.15) is 0 Å². The van der Waals surface area contributed by atoms with Crippen LogP contribution in [0.2, 0.25) is 0 Å². The number of nitrogens with zero attached hydrogens (tertiary/aromatic N) is 2. The largest absolute Gasteiger partial charge is 0.255 e. The van der Waals surface area contributed by atoms with E-state index in [1.165, 1.54) is 32.1 Å². The van der Waals surface area contributed by atoms with Gasteiger partial charge in [0.25, 0.3) is 0 Å². The fraction of sp³-hybridized carbons (Fsp3) is 1.00. The highest BCUT2D eigenvalue weighted by Crippen LogP contribution is 2.37. The first-order chi connectivity index (χ1) is 6.33. The van der Waals surface area contributed by atoms with Crippen LogP contribution in [0, 0.1) is 10.8 Å². The molecule has 74 valence electrons. The van der Waals surface area contributed by atoms with Crippen molar-refractivity contribution < 1.29 is 0 Å². The smallest absolute Gasteiger partial charge is 0.0534 e. The molecule has 13 heavy (non-hydrogen) atoms. The Bertz CT molecular complexity index is 195. The van der Waals surface area contributed by atoms with Crippen LogP contribution in [0.4, 0.5) is 0 Å². The van der Waals surface area contributed by atoms with Crippen LogP contribution in [0.25, 0.3) is 0 Å². The lowest BCUT2D eigenvalue weighted by atomic mass is 9.77. The van der Waals surface area contributed by atoms with Crippen molar-refractivity contribution in [3.8, 4) is 0 Å². The number of rotatable bonds is 1. The molecule has 1 saturated carbocycles. The van der Waals surface area contributed by atoms with E-state index in [9.17, 15) is 4.91 Å². The van der Waals surface area contributed by atoms with Crippen molar-refractivity contribution >= 4 is 0 Å². The van der Waals surface area contributed by atoms with Crippen LogP contribution < -0.4 is 0 Å². The van der Waals surface area contributed by atoms with Gasteiger partial charge in [0.1, 0.15) is 0 Å². The number of piperidine rings is 1. The Labute approximate surface area is 79.4 Å². The van der Waals surface area contributed by atoms with Gasteiger partial charge in [0.15, 0.2) is 0 Å². The monoisotopic (exact) mass is 182 g/mol. The van der Waals surface area contributed by atoms with E-state index < -0.39 is 0 Å². The summed E-state index contributed by atoms with van der Waals surface area (Å²) in [6.07, 6.45) is 7.57. The standard InChI is InChI=1S/C10H18N2O/c1-8-6-7-9-4-2-3-5-10(9)12(8)11-13/h8-10H,2-7H2,1H3/t8-,9-,10+/m1/s1. The molecular formula is C10H18N2O. The van der Waals surface area contributed by atoms with E-state index in [1.807, 2.05) is 5.01 Å². The number of hydrogen-bond donors (Lipinski definition) is 0. The normalized spacial score (nSPS) is 39.8. The van der Waals surface area contributed by atoms with Crippen LogP contribution in [0.15, 0.2) is 5.29 Å². The molecule has 0 spiro atoms. The van der Waals surface area contributed by atoms with Gasteiger partial charge in [-0.1, -0.05) is 12.8 Å². The topological polar surface area (TPSA) is 32.7 Å². The van der Waals surface area contributed by atoms with E-state index in [0.717, 1.165) is 12.3 Å². The van der Waals surface area contributed by atoms with Gasteiger partial charge < -0.3 is 0 Å². The molecule has 1 aliphatic carbocycles. The summed E-state index contributed by atoms with van der Waals surface area (Å²) in [6.45, 7) is 2.12. The summed E-state index contributed by atoms with van der Waals surface area (Å²) in [5, 5.41) is 5.02. The van der Waals surface area contributed by atoms with Crippen molar-refractivity contribution in [3.05, 3.63) is 4.91 Å². The van der Waals surface area contributed by atoms with Gasteiger partial charge in [0, 0.05) is 6.04 Å². The molecule has 2 rings (SSSR count). The maximum Gasteiger partial charge on any atom is 0.0534 e. The summed E-state index contributed by atoms with van der Waals surface area (Å²) < 4.78 is 0. The summed E-state index contributed by atoms with van der Waals surface area (Å²) in [4.78, 5) is 10.7. The first-order valence-electron chi connectivity index (χ1n) is 5.44. The molecule has 0 aromatic carbocycles. The van der Waals surface area contributed by atoms with Gasteiger partial charge in [0.2, 0.25) is 0 Å². The molecule has 1 aliphatic heterocycles. The first-order valence-corrected chi connectivity index (χ1v) is 5.44. The van der Waals surface area contributed by atoms with Crippen molar-refractivity contribution in [2.75, 3.05) is 0 Å². The van der Waals surface area contributed by atoms with Crippen LogP contribution in [0.5, 0.6) is 0 Å². The highest BCUT2D eigenvalue weighted by Gasteiger charge is 2.36. The highest BCUT2D eigenvalue weighted by atomic mass is 16.3. The van der Waals surface area contributed by atoms with Gasteiger partial charge in [-0.05, 0) is 38.5 Å². The van der Waals surface area contributed by atoms with Crippen LogP contribution in [-0.2, 0) is 0 Å². The van der Waals surface area contributed by atoms with E-state index in [1.54, 1.807) is 0 Å². The Balaban J connectivity index is 2.09. The van der Waals surface area contributed by atoms with Gasteiger partial charge in [-0.3, -0.25) is 5.01 Å². The summed E-state index contributed by atoms with van der Waals surface area (Å²) in [6, 6.07) is 0.840. The fourth-order valence-electron chi connectivity index (χ4n) is 2.93. The molecule has 0 radical (unpaired) electrons. The second-order valence-corrected chi connectivity index (χ2v) is 4.50. The summed E-state index contributed by atoms with van der Waals surface area (Å²) in [5.41, 5.74) is 0. The molecule has 0 N–H and O–H groups in total. The minimum Gasteiger partial charge on any atom is -0.255 e. The molecule has 3 atom stereocenters. The maximum atomic E-state index is 10.7. The van der Waals surface area contributed by atoms with Crippen LogP contribution >= 0.6 is 0 Å². The lowest BCUT2D eigenvalue weighted by molar-refractivity contribution is 0.0227. The lowest BCUT2D eigenvalue weighted by Crippen LogP contribution is -2.47. The molecular weight excluding hydrogens is 164 g/mol. The van der Waals surface area contributed by atoms with Gasteiger partial charge >= 0.3 is 0 Å². The quantitative estimate of drug-likeness (QED) is 0.584. The molecule has 1 heterocycles. The maximum absolute atomic E-state index is 10.7. The fourth-order valence-corrected chi connectivity index (χ4v) is 2.93. The van der Waals surface area contributed by atoms with E-state index in [2.05, 4.69) is 12.2 Å². The molecule has 1 saturated heterocycles. The number of nitroso groups, excluding NO2 is 1. The van der Waals surface area contributed by atoms with Crippen molar-refractivity contribution in [1.82, 2.24) is 5.01 Å². The summed E-state index contributed by atoms with van der Waals surface area (Å²) in [5.74, 6) is 0.752. The van der Waals surface area contributed by atoms with Crippen molar-refractivity contribution in [1.29, 1.82) is 0 Å². The average molecular weight is 182 g/mol. The first kappa shape index (κ1) is 8.97. The van der Waals surface area contributed by atoms with Crippen LogP contribution in [0.3, 0.4) is 0 Å².